The number of nitrogens with zero attached hydrogens (tertiary/aromatic N) is 4. The van der Waals surface area contributed by atoms with Crippen molar-refractivity contribution in [2.75, 3.05) is 24.7 Å². The predicted octanol–water partition coefficient (Wildman–Crippen LogP) is 5.13. The first-order valence-corrected chi connectivity index (χ1v) is 15.6. The molecule has 1 aromatic carbocycles. The molecule has 0 radical (unpaired) electrons. The number of aromatic nitrogens is 3. The largest absolute Gasteiger partial charge is 0.488 e. The zero-order valence-electron chi connectivity index (χ0n) is 23.6. The fraction of sp³-hybridized carbons (Fsp3) is 0.333. The lowest BCUT2D eigenvalue weighted by Gasteiger charge is -2.29. The maximum Gasteiger partial charge on any atom is 0.251 e. The third-order valence-electron chi connectivity index (χ3n) is 7.43. The van der Waals surface area contributed by atoms with E-state index in [0.29, 0.717) is 41.7 Å². The van der Waals surface area contributed by atoms with Gasteiger partial charge in [0.1, 0.15) is 18.2 Å². The van der Waals surface area contributed by atoms with Gasteiger partial charge in [0.2, 0.25) is 21.8 Å². The van der Waals surface area contributed by atoms with Gasteiger partial charge in [-0.05, 0) is 55.3 Å². The Hall–Kier alpha value is -4.37. The smallest absolute Gasteiger partial charge is 0.251 e. The Morgan fingerprint density at radius 3 is 2.73 bits per heavy atom. The van der Waals surface area contributed by atoms with E-state index in [4.69, 9.17) is 14.5 Å². The summed E-state index contributed by atoms with van der Waals surface area (Å²) in [6.07, 6.45) is 2.76. The lowest BCUT2D eigenvalue weighted by molar-refractivity contribution is 0.0938. The van der Waals surface area contributed by atoms with Crippen LogP contribution >= 0.6 is 0 Å². The van der Waals surface area contributed by atoms with Crippen LogP contribution in [0.15, 0.2) is 59.8 Å². The number of carbonyl (C=O) groups is 1. The Balaban J connectivity index is 0.000000536. The van der Waals surface area contributed by atoms with E-state index in [1.165, 1.54) is 0 Å². The summed E-state index contributed by atoms with van der Waals surface area (Å²) < 4.78 is 86.8. The van der Waals surface area contributed by atoms with Gasteiger partial charge in [-0.1, -0.05) is 0 Å². The van der Waals surface area contributed by atoms with Gasteiger partial charge in [0, 0.05) is 36.3 Å². The highest BCUT2D eigenvalue weighted by Gasteiger charge is 2.35. The van der Waals surface area contributed by atoms with Crippen LogP contribution < -0.4 is 15.0 Å². The molecule has 2 aliphatic heterocycles. The molecule has 1 aliphatic carbocycles. The van der Waals surface area contributed by atoms with E-state index in [1.54, 1.807) is 24.5 Å². The molecule has 15 heteroatoms. The summed E-state index contributed by atoms with van der Waals surface area (Å²) in [5.74, 6) is 0.0639. The summed E-state index contributed by atoms with van der Waals surface area (Å²) in [7, 11) is -4.51. The molecule has 1 saturated carbocycles. The van der Waals surface area contributed by atoms with Crippen molar-refractivity contribution in [2.24, 2.45) is 5.92 Å². The molecule has 0 bridgehead atoms. The van der Waals surface area contributed by atoms with Crippen molar-refractivity contribution >= 4 is 38.3 Å². The van der Waals surface area contributed by atoms with E-state index in [-0.39, 0.29) is 25.0 Å². The highest BCUT2D eigenvalue weighted by Crippen LogP contribution is 2.35. The predicted molar refractivity (Wildman–Crippen MR) is 156 cm³/mol. The average molecular weight is 648 g/mol. The minimum atomic E-state index is -4.51. The standard InChI is InChI=1S/C26H21F2N5O5S.C4H6F2.H2/c27-19-8-16(9-22-18(19)13-37-14-23(28)39(22,35)36)26(34)31-12-17-10-20-15(11-30-17)3-4-24(32-20)33-6-7-38-21-2-1-5-29-25(21)33;5-4(6)3-1-2-3;/h1-5,8-11,23H,6-7,12-14H2,(H,31,34);3-4H,1-2H2;1H/t23-;;/m1../s1. The Kier molecular flexibility index (Phi) is 8.55. The molecule has 238 valence electrons. The second-order valence-corrected chi connectivity index (χ2v) is 12.7. The van der Waals surface area contributed by atoms with E-state index >= 15 is 0 Å². The van der Waals surface area contributed by atoms with Crippen LogP contribution in [-0.2, 0) is 27.7 Å². The summed E-state index contributed by atoms with van der Waals surface area (Å²) in [5.41, 5.74) is -1.81. The number of amides is 1. The average Bonchev–Trinajstić information content (AvgIpc) is 3.90. The van der Waals surface area contributed by atoms with Gasteiger partial charge in [0.25, 0.3) is 5.91 Å². The zero-order chi connectivity index (χ0) is 31.7. The van der Waals surface area contributed by atoms with Crippen molar-refractivity contribution in [3.8, 4) is 5.75 Å². The minimum Gasteiger partial charge on any atom is -0.488 e. The van der Waals surface area contributed by atoms with Crippen LogP contribution in [0.3, 0.4) is 0 Å². The maximum atomic E-state index is 14.7. The van der Waals surface area contributed by atoms with Crippen LogP contribution in [0.25, 0.3) is 10.9 Å². The van der Waals surface area contributed by atoms with E-state index in [0.717, 1.165) is 30.4 Å². The SMILES string of the molecule is FC(F)C1CC1.O=C(NCc1cc2nc(N3CCOc4cccnc43)ccc2cn1)c1cc(F)c2c(c1)S(=O)(=O)[C@@H](F)COC2.[HH]. The van der Waals surface area contributed by atoms with Crippen LogP contribution in [0.1, 0.15) is 35.9 Å². The van der Waals surface area contributed by atoms with Gasteiger partial charge in [-0.25, -0.2) is 35.9 Å². The van der Waals surface area contributed by atoms with Crippen molar-refractivity contribution in [3.63, 3.8) is 0 Å². The third-order valence-corrected chi connectivity index (χ3v) is 9.22. The molecular weight excluding hydrogens is 618 g/mol. The first kappa shape index (κ1) is 30.6. The van der Waals surface area contributed by atoms with Gasteiger partial charge in [0.05, 0.1) is 42.4 Å². The molecule has 3 aliphatic rings. The number of carbonyl (C=O) groups excluding carboxylic acids is 1. The van der Waals surface area contributed by atoms with Crippen LogP contribution in [0, 0.1) is 11.7 Å². The molecule has 0 saturated heterocycles. The molecule has 45 heavy (non-hydrogen) atoms. The number of benzene rings is 1. The first-order valence-electron chi connectivity index (χ1n) is 14.1. The highest BCUT2D eigenvalue weighted by molar-refractivity contribution is 7.92. The Morgan fingerprint density at radius 2 is 1.98 bits per heavy atom. The minimum absolute atomic E-state index is 0. The Labute approximate surface area is 256 Å². The summed E-state index contributed by atoms with van der Waals surface area (Å²) in [6.45, 7) is -0.113. The van der Waals surface area contributed by atoms with Gasteiger partial charge >= 0.3 is 0 Å². The molecular formula is C30H29F4N5O5S. The van der Waals surface area contributed by atoms with Crippen molar-refractivity contribution in [1.82, 2.24) is 20.3 Å². The Bertz CT molecular complexity index is 1870. The van der Waals surface area contributed by atoms with Gasteiger partial charge in [-0.15, -0.1) is 0 Å². The Morgan fingerprint density at radius 1 is 1.16 bits per heavy atom. The second-order valence-electron chi connectivity index (χ2n) is 10.6. The van der Waals surface area contributed by atoms with Gasteiger partial charge in [-0.2, -0.15) is 0 Å². The van der Waals surface area contributed by atoms with E-state index in [2.05, 4.69) is 15.3 Å². The second kappa shape index (κ2) is 12.6. The van der Waals surface area contributed by atoms with Crippen molar-refractivity contribution in [3.05, 3.63) is 77.5 Å². The molecule has 1 amide bonds. The molecule has 4 aromatic rings. The lowest BCUT2D eigenvalue weighted by Crippen LogP contribution is -2.30. The highest BCUT2D eigenvalue weighted by atomic mass is 32.2. The number of nitrogens with one attached hydrogen (secondary N) is 1. The maximum absolute atomic E-state index is 14.7. The van der Waals surface area contributed by atoms with Crippen molar-refractivity contribution in [2.45, 2.75) is 42.8 Å². The van der Waals surface area contributed by atoms with E-state index in [9.17, 15) is 30.8 Å². The molecule has 5 heterocycles. The number of hydrogen-bond donors (Lipinski definition) is 1. The number of halogens is 4. The van der Waals surface area contributed by atoms with Crippen LogP contribution in [0.4, 0.5) is 29.2 Å². The quantitative estimate of drug-likeness (QED) is 0.294. The molecule has 1 fully saturated rings. The number of sulfone groups is 1. The van der Waals surface area contributed by atoms with Crippen LogP contribution in [0.2, 0.25) is 0 Å². The molecule has 7 rings (SSSR count). The van der Waals surface area contributed by atoms with Gasteiger partial charge < -0.3 is 19.7 Å². The topological polar surface area (TPSA) is 124 Å². The number of anilines is 2. The normalized spacial score (nSPS) is 18.6. The van der Waals surface area contributed by atoms with Crippen LogP contribution in [0.5, 0.6) is 5.75 Å². The molecule has 3 aromatic heterocycles. The number of pyridine rings is 3. The molecule has 1 atom stereocenters. The van der Waals surface area contributed by atoms with Gasteiger partial charge in [-0.3, -0.25) is 9.78 Å². The monoisotopic (exact) mass is 647 g/mol. The third kappa shape index (κ3) is 6.54. The molecule has 1 N–H and O–H groups in total. The van der Waals surface area contributed by atoms with Gasteiger partial charge in [0.15, 0.2) is 11.6 Å². The fourth-order valence-electron chi connectivity index (χ4n) is 4.81. The summed E-state index contributed by atoms with van der Waals surface area (Å²) >= 11 is 0. The number of fused-ring (bicyclic) bond motifs is 3. The number of rotatable bonds is 5. The van der Waals surface area contributed by atoms with Crippen molar-refractivity contribution < 1.29 is 41.7 Å². The first-order chi connectivity index (χ1) is 21.6. The molecule has 0 spiro atoms. The van der Waals surface area contributed by atoms with E-state index < -0.39 is 51.6 Å². The summed E-state index contributed by atoms with van der Waals surface area (Å²) in [6, 6.07) is 11.0. The van der Waals surface area contributed by atoms with Crippen LogP contribution in [-0.4, -0.2) is 61.0 Å². The summed E-state index contributed by atoms with van der Waals surface area (Å²) in [5, 5.41) is 3.39. The lowest BCUT2D eigenvalue weighted by atomic mass is 10.1. The fourth-order valence-corrected chi connectivity index (χ4v) is 6.15. The van der Waals surface area contributed by atoms with Crippen molar-refractivity contribution in [1.29, 1.82) is 0 Å². The van der Waals surface area contributed by atoms with E-state index in [1.807, 2.05) is 23.1 Å². The number of ether oxygens (including phenoxy) is 2. The molecule has 0 unspecified atom stereocenters. The number of hydrogen-bond acceptors (Lipinski definition) is 9. The zero-order valence-corrected chi connectivity index (χ0v) is 24.4. The molecule has 10 nitrogen and oxygen atoms in total. The number of alkyl halides is 3. The summed E-state index contributed by atoms with van der Waals surface area (Å²) in [4.78, 5) is 27.7.